The molecule has 2 aromatic carbocycles. The highest BCUT2D eigenvalue weighted by molar-refractivity contribution is 5.41. The summed E-state index contributed by atoms with van der Waals surface area (Å²) in [5.74, 6) is 0.402. The van der Waals surface area contributed by atoms with Gasteiger partial charge in [0.15, 0.2) is 0 Å². The Kier molecular flexibility index (Phi) is 5.01. The molecule has 4 nitrogen and oxygen atoms in total. The average Bonchev–Trinajstić information content (AvgIpc) is 2.60. The van der Waals surface area contributed by atoms with Gasteiger partial charge in [0, 0.05) is 5.92 Å². The van der Waals surface area contributed by atoms with Gasteiger partial charge in [-0.15, -0.1) is 0 Å². The fourth-order valence-corrected chi connectivity index (χ4v) is 2.38. The number of nitriles is 2. The maximum Gasteiger partial charge on any atom is 0.144 e. The van der Waals surface area contributed by atoms with E-state index in [0.717, 1.165) is 22.6 Å². The Labute approximate surface area is 130 Å². The SMILES string of the molecule is COc1ccc(C(c2ccc(OC)cc2)C(C#N)C#N)cc1. The first-order valence-corrected chi connectivity index (χ1v) is 6.80. The van der Waals surface area contributed by atoms with Crippen molar-refractivity contribution in [3.63, 3.8) is 0 Å². The Morgan fingerprint density at radius 3 is 1.36 bits per heavy atom. The molecule has 0 spiro atoms. The van der Waals surface area contributed by atoms with Crippen LogP contribution in [0.15, 0.2) is 48.5 Å². The van der Waals surface area contributed by atoms with Gasteiger partial charge in [0.1, 0.15) is 17.4 Å². The van der Waals surface area contributed by atoms with E-state index < -0.39 is 5.92 Å². The number of ether oxygens (including phenoxy) is 2. The van der Waals surface area contributed by atoms with E-state index in [4.69, 9.17) is 9.47 Å². The van der Waals surface area contributed by atoms with Crippen molar-refractivity contribution in [3.05, 3.63) is 59.7 Å². The summed E-state index contributed by atoms with van der Waals surface area (Å²) in [6.07, 6.45) is 0. The molecular weight excluding hydrogens is 276 g/mol. The topological polar surface area (TPSA) is 66.0 Å². The van der Waals surface area contributed by atoms with Gasteiger partial charge >= 0.3 is 0 Å². The van der Waals surface area contributed by atoms with Crippen LogP contribution in [0.4, 0.5) is 0 Å². The molecule has 110 valence electrons. The number of rotatable bonds is 5. The molecule has 0 radical (unpaired) electrons. The molecule has 0 heterocycles. The van der Waals surface area contributed by atoms with Crippen molar-refractivity contribution in [3.8, 4) is 23.6 Å². The minimum Gasteiger partial charge on any atom is -0.497 e. The van der Waals surface area contributed by atoms with Gasteiger partial charge in [-0.1, -0.05) is 24.3 Å². The third-order valence-corrected chi connectivity index (χ3v) is 3.56. The number of benzene rings is 2. The molecule has 0 fully saturated rings. The lowest BCUT2D eigenvalue weighted by Gasteiger charge is -2.19. The zero-order chi connectivity index (χ0) is 15.9. The van der Waals surface area contributed by atoms with Crippen LogP contribution in [0.2, 0.25) is 0 Å². The second-order valence-corrected chi connectivity index (χ2v) is 4.76. The molecule has 0 saturated heterocycles. The summed E-state index contributed by atoms with van der Waals surface area (Å²) in [5.41, 5.74) is 1.80. The van der Waals surface area contributed by atoms with Crippen LogP contribution in [0.3, 0.4) is 0 Å². The van der Waals surface area contributed by atoms with Gasteiger partial charge in [-0.05, 0) is 35.4 Å². The van der Waals surface area contributed by atoms with Crippen molar-refractivity contribution in [2.45, 2.75) is 5.92 Å². The molecule has 0 aliphatic carbocycles. The highest BCUT2D eigenvalue weighted by Crippen LogP contribution is 2.33. The van der Waals surface area contributed by atoms with Crippen LogP contribution in [0.25, 0.3) is 0 Å². The van der Waals surface area contributed by atoms with Crippen LogP contribution in [0.5, 0.6) is 11.5 Å². The van der Waals surface area contributed by atoms with Crippen molar-refractivity contribution in [1.29, 1.82) is 10.5 Å². The van der Waals surface area contributed by atoms with E-state index >= 15 is 0 Å². The molecule has 0 unspecified atom stereocenters. The van der Waals surface area contributed by atoms with Crippen LogP contribution in [0.1, 0.15) is 17.0 Å². The standard InChI is InChI=1S/C18H16N2O2/c1-21-16-7-3-13(4-8-16)18(15(11-19)12-20)14-5-9-17(22-2)10-6-14/h3-10,15,18H,1-2H3. The van der Waals surface area contributed by atoms with E-state index in [0.29, 0.717) is 0 Å². The largest absolute Gasteiger partial charge is 0.497 e. The van der Waals surface area contributed by atoms with Crippen LogP contribution >= 0.6 is 0 Å². The van der Waals surface area contributed by atoms with Crippen molar-refractivity contribution in [2.24, 2.45) is 5.92 Å². The molecule has 4 heteroatoms. The van der Waals surface area contributed by atoms with E-state index in [1.54, 1.807) is 14.2 Å². The number of hydrogen-bond acceptors (Lipinski definition) is 4. The van der Waals surface area contributed by atoms with Gasteiger partial charge in [0.2, 0.25) is 0 Å². The fraction of sp³-hybridized carbons (Fsp3) is 0.222. The molecule has 0 aliphatic rings. The summed E-state index contributed by atoms with van der Waals surface area (Å²) in [6.45, 7) is 0. The molecule has 0 saturated carbocycles. The van der Waals surface area contributed by atoms with E-state index in [2.05, 4.69) is 12.1 Å². The van der Waals surface area contributed by atoms with E-state index in [1.165, 1.54) is 0 Å². The molecule has 0 aromatic heterocycles. The van der Waals surface area contributed by atoms with E-state index in [9.17, 15) is 10.5 Å². The molecule has 0 atom stereocenters. The summed E-state index contributed by atoms with van der Waals surface area (Å²) >= 11 is 0. The number of methoxy groups -OCH3 is 2. The van der Waals surface area contributed by atoms with Crippen molar-refractivity contribution in [1.82, 2.24) is 0 Å². The average molecular weight is 292 g/mol. The molecule has 22 heavy (non-hydrogen) atoms. The monoisotopic (exact) mass is 292 g/mol. The Morgan fingerprint density at radius 1 is 0.727 bits per heavy atom. The van der Waals surface area contributed by atoms with Crippen LogP contribution in [-0.2, 0) is 0 Å². The van der Waals surface area contributed by atoms with Crippen LogP contribution in [-0.4, -0.2) is 14.2 Å². The summed E-state index contributed by atoms with van der Waals surface area (Å²) < 4.78 is 10.3. The lowest BCUT2D eigenvalue weighted by molar-refractivity contribution is 0.414. The Bertz CT molecular complexity index is 632. The van der Waals surface area contributed by atoms with Crippen molar-refractivity contribution < 1.29 is 9.47 Å². The first-order chi connectivity index (χ1) is 10.7. The highest BCUT2D eigenvalue weighted by Gasteiger charge is 2.25. The highest BCUT2D eigenvalue weighted by atomic mass is 16.5. The summed E-state index contributed by atoms with van der Waals surface area (Å²) in [5, 5.41) is 18.6. The zero-order valence-electron chi connectivity index (χ0n) is 12.5. The van der Waals surface area contributed by atoms with Gasteiger partial charge in [0.25, 0.3) is 0 Å². The normalized spacial score (nSPS) is 10.1. The van der Waals surface area contributed by atoms with Crippen molar-refractivity contribution >= 4 is 0 Å². The Morgan fingerprint density at radius 2 is 1.09 bits per heavy atom. The van der Waals surface area contributed by atoms with Crippen LogP contribution < -0.4 is 9.47 Å². The molecule has 0 amide bonds. The first kappa shape index (κ1) is 15.4. The second kappa shape index (κ2) is 7.15. The number of hydrogen-bond donors (Lipinski definition) is 0. The van der Waals surface area contributed by atoms with Crippen molar-refractivity contribution in [2.75, 3.05) is 14.2 Å². The maximum absolute atomic E-state index is 9.30. The Balaban J connectivity index is 2.45. The fourth-order valence-electron chi connectivity index (χ4n) is 2.38. The summed E-state index contributed by atoms with van der Waals surface area (Å²) in [7, 11) is 3.20. The summed E-state index contributed by atoms with van der Waals surface area (Å²) in [4.78, 5) is 0. The number of nitrogens with zero attached hydrogens (tertiary/aromatic N) is 2. The van der Waals surface area contributed by atoms with Gasteiger partial charge in [0.05, 0.1) is 26.4 Å². The first-order valence-electron chi connectivity index (χ1n) is 6.80. The predicted octanol–water partition coefficient (Wildman–Crippen LogP) is 3.50. The van der Waals surface area contributed by atoms with Gasteiger partial charge < -0.3 is 9.47 Å². The van der Waals surface area contributed by atoms with Gasteiger partial charge in [-0.3, -0.25) is 0 Å². The van der Waals surface area contributed by atoms with Crippen LogP contribution in [0, 0.1) is 28.6 Å². The molecular formula is C18H16N2O2. The maximum atomic E-state index is 9.30. The molecule has 0 bridgehead atoms. The Hall–Kier alpha value is -2.98. The van der Waals surface area contributed by atoms with E-state index in [-0.39, 0.29) is 5.92 Å². The predicted molar refractivity (Wildman–Crippen MR) is 82.5 cm³/mol. The summed E-state index contributed by atoms with van der Waals surface area (Å²) in [6, 6.07) is 19.0. The lowest BCUT2D eigenvalue weighted by atomic mass is 9.82. The molecule has 2 rings (SSSR count). The molecule has 2 aromatic rings. The molecule has 0 N–H and O–H groups in total. The lowest BCUT2D eigenvalue weighted by Crippen LogP contribution is -2.11. The molecule has 0 aliphatic heterocycles. The third kappa shape index (κ3) is 3.19. The third-order valence-electron chi connectivity index (χ3n) is 3.56. The zero-order valence-corrected chi connectivity index (χ0v) is 12.5. The quantitative estimate of drug-likeness (QED) is 0.846. The van der Waals surface area contributed by atoms with E-state index in [1.807, 2.05) is 48.5 Å². The van der Waals surface area contributed by atoms with Gasteiger partial charge in [-0.25, -0.2) is 0 Å². The second-order valence-electron chi connectivity index (χ2n) is 4.76. The minimum absolute atomic E-state index is 0.313. The minimum atomic E-state index is -0.762. The smallest absolute Gasteiger partial charge is 0.144 e. The van der Waals surface area contributed by atoms with Gasteiger partial charge in [-0.2, -0.15) is 10.5 Å².